The summed E-state index contributed by atoms with van der Waals surface area (Å²) >= 11 is 1.70. The van der Waals surface area contributed by atoms with E-state index in [9.17, 15) is 4.79 Å². The van der Waals surface area contributed by atoms with Crippen LogP contribution in [0.2, 0.25) is 0 Å². The summed E-state index contributed by atoms with van der Waals surface area (Å²) in [5.41, 5.74) is 3.21. The van der Waals surface area contributed by atoms with Crippen LogP contribution in [0.5, 0.6) is 0 Å². The van der Waals surface area contributed by atoms with E-state index in [0.717, 1.165) is 25.1 Å². The van der Waals surface area contributed by atoms with Crippen LogP contribution >= 0.6 is 11.3 Å². The van der Waals surface area contributed by atoms with Crippen molar-refractivity contribution in [1.29, 1.82) is 0 Å². The SMILES string of the molecule is CN1[C@H]2CC[C@@H]1CN(C(=O)c1ccc(-c3ccsc3)cc1)CC2. The van der Waals surface area contributed by atoms with E-state index in [1.54, 1.807) is 11.3 Å². The highest BCUT2D eigenvalue weighted by Crippen LogP contribution is 2.29. The summed E-state index contributed by atoms with van der Waals surface area (Å²) in [5, 5.41) is 4.22. The third-order valence-corrected chi connectivity index (χ3v) is 6.11. The average Bonchev–Trinajstić information content (AvgIpc) is 3.16. The zero-order valence-corrected chi connectivity index (χ0v) is 14.3. The van der Waals surface area contributed by atoms with Crippen molar-refractivity contribution in [3.63, 3.8) is 0 Å². The fourth-order valence-corrected chi connectivity index (χ4v) is 4.57. The molecule has 0 aliphatic carbocycles. The Hall–Kier alpha value is -1.65. The number of benzene rings is 1. The van der Waals surface area contributed by atoms with Gasteiger partial charge in [-0.15, -0.1) is 0 Å². The lowest BCUT2D eigenvalue weighted by atomic mass is 10.0. The summed E-state index contributed by atoms with van der Waals surface area (Å²) in [4.78, 5) is 17.4. The Morgan fingerprint density at radius 3 is 2.57 bits per heavy atom. The van der Waals surface area contributed by atoms with E-state index in [0.29, 0.717) is 12.1 Å². The van der Waals surface area contributed by atoms with Crippen molar-refractivity contribution >= 4 is 17.2 Å². The van der Waals surface area contributed by atoms with Crippen molar-refractivity contribution in [2.24, 2.45) is 0 Å². The second-order valence-electron chi connectivity index (χ2n) is 6.68. The minimum absolute atomic E-state index is 0.183. The van der Waals surface area contributed by atoms with Crippen molar-refractivity contribution in [2.45, 2.75) is 31.3 Å². The Kier molecular flexibility index (Phi) is 3.95. The number of hydrogen-bond acceptors (Lipinski definition) is 3. The minimum Gasteiger partial charge on any atom is -0.337 e. The zero-order valence-electron chi connectivity index (χ0n) is 13.4. The quantitative estimate of drug-likeness (QED) is 0.840. The van der Waals surface area contributed by atoms with Gasteiger partial charge in [-0.3, -0.25) is 9.69 Å². The molecule has 2 aromatic rings. The topological polar surface area (TPSA) is 23.6 Å². The molecule has 1 aromatic carbocycles. The lowest BCUT2D eigenvalue weighted by Gasteiger charge is -2.26. The van der Waals surface area contributed by atoms with Gasteiger partial charge in [0, 0.05) is 30.7 Å². The summed E-state index contributed by atoms with van der Waals surface area (Å²) in [7, 11) is 2.21. The molecule has 4 rings (SSSR count). The van der Waals surface area contributed by atoms with E-state index >= 15 is 0 Å². The third-order valence-electron chi connectivity index (χ3n) is 5.42. The summed E-state index contributed by atoms with van der Waals surface area (Å²) in [6.07, 6.45) is 3.62. The first-order valence-electron chi connectivity index (χ1n) is 8.36. The number of likely N-dealkylation sites (tertiary alicyclic amines) is 1. The first kappa shape index (κ1) is 14.9. The van der Waals surface area contributed by atoms with Gasteiger partial charge in [0.15, 0.2) is 0 Å². The van der Waals surface area contributed by atoms with Crippen molar-refractivity contribution < 1.29 is 4.79 Å². The smallest absolute Gasteiger partial charge is 0.253 e. The molecule has 0 N–H and O–H groups in total. The molecule has 3 heterocycles. The predicted molar refractivity (Wildman–Crippen MR) is 94.8 cm³/mol. The molecule has 2 aliphatic rings. The summed E-state index contributed by atoms with van der Waals surface area (Å²) in [6, 6.07) is 11.4. The van der Waals surface area contributed by atoms with E-state index < -0.39 is 0 Å². The van der Waals surface area contributed by atoms with Gasteiger partial charge in [-0.05, 0) is 66.4 Å². The number of amides is 1. The van der Waals surface area contributed by atoms with Crippen LogP contribution in [0.15, 0.2) is 41.1 Å². The second-order valence-corrected chi connectivity index (χ2v) is 7.46. The monoisotopic (exact) mass is 326 g/mol. The van der Waals surface area contributed by atoms with Gasteiger partial charge in [-0.25, -0.2) is 0 Å². The molecule has 2 bridgehead atoms. The van der Waals surface area contributed by atoms with Crippen LogP contribution in [0, 0.1) is 0 Å². The van der Waals surface area contributed by atoms with Crippen LogP contribution in [0.1, 0.15) is 29.6 Å². The van der Waals surface area contributed by atoms with Gasteiger partial charge < -0.3 is 4.90 Å². The molecule has 23 heavy (non-hydrogen) atoms. The number of carbonyl (C=O) groups excluding carboxylic acids is 1. The van der Waals surface area contributed by atoms with Crippen LogP contribution in [0.4, 0.5) is 0 Å². The maximum atomic E-state index is 12.8. The van der Waals surface area contributed by atoms with Crippen LogP contribution in [0.3, 0.4) is 0 Å². The van der Waals surface area contributed by atoms with Crippen molar-refractivity contribution in [3.8, 4) is 11.1 Å². The number of nitrogens with zero attached hydrogens (tertiary/aromatic N) is 2. The largest absolute Gasteiger partial charge is 0.337 e. The molecule has 2 aliphatic heterocycles. The Labute approximate surface area is 141 Å². The molecule has 2 atom stereocenters. The van der Waals surface area contributed by atoms with Gasteiger partial charge in [0.05, 0.1) is 0 Å². The number of fused-ring (bicyclic) bond motifs is 2. The molecule has 2 saturated heterocycles. The molecule has 0 radical (unpaired) electrons. The highest BCUT2D eigenvalue weighted by atomic mass is 32.1. The maximum absolute atomic E-state index is 12.8. The number of likely N-dealkylation sites (N-methyl/N-ethyl adjacent to an activating group) is 1. The van der Waals surface area contributed by atoms with Crippen molar-refractivity contribution in [1.82, 2.24) is 9.80 Å². The van der Waals surface area contributed by atoms with Gasteiger partial charge in [0.25, 0.3) is 5.91 Å². The Morgan fingerprint density at radius 1 is 1.04 bits per heavy atom. The van der Waals surface area contributed by atoms with E-state index in [2.05, 4.69) is 45.8 Å². The van der Waals surface area contributed by atoms with Crippen molar-refractivity contribution in [2.75, 3.05) is 20.1 Å². The van der Waals surface area contributed by atoms with Gasteiger partial charge >= 0.3 is 0 Å². The van der Waals surface area contributed by atoms with Gasteiger partial charge in [0.1, 0.15) is 0 Å². The van der Waals surface area contributed by atoms with Crippen molar-refractivity contribution in [3.05, 3.63) is 46.7 Å². The summed E-state index contributed by atoms with van der Waals surface area (Å²) < 4.78 is 0. The lowest BCUT2D eigenvalue weighted by molar-refractivity contribution is 0.0740. The Morgan fingerprint density at radius 2 is 1.83 bits per heavy atom. The molecule has 1 aromatic heterocycles. The molecule has 1 amide bonds. The average molecular weight is 326 g/mol. The number of carbonyl (C=O) groups is 1. The van der Waals surface area contributed by atoms with E-state index in [1.807, 2.05) is 12.1 Å². The minimum atomic E-state index is 0.183. The first-order valence-corrected chi connectivity index (χ1v) is 9.30. The molecule has 0 spiro atoms. The van der Waals surface area contributed by atoms with E-state index in [4.69, 9.17) is 0 Å². The summed E-state index contributed by atoms with van der Waals surface area (Å²) in [6.45, 7) is 1.76. The van der Waals surface area contributed by atoms with E-state index in [1.165, 1.54) is 24.0 Å². The summed E-state index contributed by atoms with van der Waals surface area (Å²) in [5.74, 6) is 0.183. The maximum Gasteiger partial charge on any atom is 0.253 e. The van der Waals surface area contributed by atoms with Crippen LogP contribution < -0.4 is 0 Å². The van der Waals surface area contributed by atoms with Gasteiger partial charge in [-0.1, -0.05) is 12.1 Å². The molecule has 4 heteroatoms. The number of hydrogen-bond donors (Lipinski definition) is 0. The molecule has 2 fully saturated rings. The lowest BCUT2D eigenvalue weighted by Crippen LogP contribution is -2.39. The zero-order chi connectivity index (χ0) is 15.8. The number of thiophene rings is 1. The molecule has 3 nitrogen and oxygen atoms in total. The highest BCUT2D eigenvalue weighted by molar-refractivity contribution is 7.08. The fourth-order valence-electron chi connectivity index (χ4n) is 3.91. The predicted octanol–water partition coefficient (Wildman–Crippen LogP) is 3.72. The molecule has 0 unspecified atom stereocenters. The second kappa shape index (κ2) is 6.10. The van der Waals surface area contributed by atoms with Gasteiger partial charge in [0.2, 0.25) is 0 Å². The Bertz CT molecular complexity index is 680. The molecule has 0 saturated carbocycles. The van der Waals surface area contributed by atoms with E-state index in [-0.39, 0.29) is 5.91 Å². The van der Waals surface area contributed by atoms with Gasteiger partial charge in [-0.2, -0.15) is 11.3 Å². The first-order chi connectivity index (χ1) is 11.2. The molecular formula is C19H22N2OS. The molecule has 120 valence electrons. The Balaban J connectivity index is 1.50. The number of rotatable bonds is 2. The van der Waals surface area contributed by atoms with Crippen LogP contribution in [-0.2, 0) is 0 Å². The highest BCUT2D eigenvalue weighted by Gasteiger charge is 2.36. The normalized spacial score (nSPS) is 24.7. The van der Waals surface area contributed by atoms with Crippen LogP contribution in [0.25, 0.3) is 11.1 Å². The molecular weight excluding hydrogens is 304 g/mol. The standard InChI is InChI=1S/C19H22N2OS/c1-20-17-6-7-18(20)12-21(10-8-17)19(22)15-4-2-14(3-5-15)16-9-11-23-13-16/h2-5,9,11,13,17-18H,6-8,10,12H2,1H3/t17-,18+/m0/s1. The fraction of sp³-hybridized carbons (Fsp3) is 0.421. The van der Waals surface area contributed by atoms with Crippen LogP contribution in [-0.4, -0.2) is 47.9 Å². The third kappa shape index (κ3) is 2.81.